The number of aromatic nitrogens is 3. The van der Waals surface area contributed by atoms with Gasteiger partial charge in [-0.2, -0.15) is 5.10 Å². The van der Waals surface area contributed by atoms with Crippen LogP contribution in [0.3, 0.4) is 0 Å². The summed E-state index contributed by atoms with van der Waals surface area (Å²) in [4.78, 5) is 26.5. The minimum absolute atomic E-state index is 0.121. The maximum atomic E-state index is 13.9. The van der Waals surface area contributed by atoms with E-state index in [9.17, 15) is 14.0 Å². The molecule has 4 rings (SSSR count). The summed E-state index contributed by atoms with van der Waals surface area (Å²) in [6.45, 7) is 1.18. The maximum absolute atomic E-state index is 13.9. The summed E-state index contributed by atoms with van der Waals surface area (Å²) in [7, 11) is 1.39. The number of rotatable bonds is 5. The van der Waals surface area contributed by atoms with Crippen LogP contribution in [0.25, 0.3) is 5.00 Å². The van der Waals surface area contributed by atoms with Crippen LogP contribution in [0.15, 0.2) is 40.5 Å². The zero-order chi connectivity index (χ0) is 20.4. The molecule has 3 heterocycles. The van der Waals surface area contributed by atoms with Crippen molar-refractivity contribution in [2.24, 2.45) is 5.92 Å². The van der Waals surface area contributed by atoms with Crippen LogP contribution in [0.2, 0.25) is 0 Å². The highest BCUT2D eigenvalue weighted by Crippen LogP contribution is 2.25. The van der Waals surface area contributed by atoms with Crippen LogP contribution in [-0.4, -0.2) is 45.8 Å². The summed E-state index contributed by atoms with van der Waals surface area (Å²) < 4.78 is 20.4. The van der Waals surface area contributed by atoms with Gasteiger partial charge in [-0.3, -0.25) is 4.79 Å². The lowest BCUT2D eigenvalue weighted by Crippen LogP contribution is -2.39. The lowest BCUT2D eigenvalue weighted by Gasteiger charge is -2.32. The van der Waals surface area contributed by atoms with Crippen molar-refractivity contribution in [3.05, 3.63) is 63.4 Å². The third kappa shape index (κ3) is 3.95. The van der Waals surface area contributed by atoms with Crippen molar-refractivity contribution in [2.45, 2.75) is 19.3 Å². The van der Waals surface area contributed by atoms with E-state index in [4.69, 9.17) is 4.74 Å². The number of ether oxygens (including phenoxy) is 1. The number of H-pyrrole nitrogens is 1. The highest BCUT2D eigenvalue weighted by atomic mass is 32.1. The fourth-order valence-electron chi connectivity index (χ4n) is 3.67. The van der Waals surface area contributed by atoms with E-state index in [-0.39, 0.29) is 17.3 Å². The first-order valence-corrected chi connectivity index (χ1v) is 10.3. The summed E-state index contributed by atoms with van der Waals surface area (Å²) in [6, 6.07) is 8.06. The SMILES string of the molecule is COc1ccc(C(=O)N2CCC(Cc3n[nH]c(=O)n3-c3cccs3)CC2)cc1F. The molecule has 1 saturated heterocycles. The van der Waals surface area contributed by atoms with E-state index in [1.54, 1.807) is 15.5 Å². The van der Waals surface area contributed by atoms with Crippen molar-refractivity contribution in [1.29, 1.82) is 0 Å². The fourth-order valence-corrected chi connectivity index (χ4v) is 4.42. The number of amides is 1. The molecule has 9 heteroatoms. The number of nitrogens with zero attached hydrogens (tertiary/aromatic N) is 3. The van der Waals surface area contributed by atoms with Gasteiger partial charge in [-0.05, 0) is 54.5 Å². The van der Waals surface area contributed by atoms with Gasteiger partial charge in [-0.15, -0.1) is 11.3 Å². The van der Waals surface area contributed by atoms with Gasteiger partial charge in [0.2, 0.25) is 0 Å². The van der Waals surface area contributed by atoms with Crippen molar-refractivity contribution in [2.75, 3.05) is 20.2 Å². The molecule has 1 aromatic carbocycles. The second-order valence-corrected chi connectivity index (χ2v) is 7.95. The number of methoxy groups -OCH3 is 1. The molecular weight excluding hydrogens is 395 g/mol. The lowest BCUT2D eigenvalue weighted by atomic mass is 9.93. The smallest absolute Gasteiger partial charge is 0.348 e. The topological polar surface area (TPSA) is 80.2 Å². The summed E-state index contributed by atoms with van der Waals surface area (Å²) in [6.07, 6.45) is 2.27. The molecule has 1 amide bonds. The number of thiophene rings is 1. The molecule has 1 aliphatic heterocycles. The zero-order valence-corrected chi connectivity index (χ0v) is 16.7. The molecule has 0 unspecified atom stereocenters. The summed E-state index contributed by atoms with van der Waals surface area (Å²) in [5.41, 5.74) is 0.0807. The van der Waals surface area contributed by atoms with Crippen molar-refractivity contribution >= 4 is 17.2 Å². The van der Waals surface area contributed by atoms with Gasteiger partial charge in [0.05, 0.1) is 7.11 Å². The van der Waals surface area contributed by atoms with E-state index >= 15 is 0 Å². The van der Waals surface area contributed by atoms with Crippen LogP contribution in [-0.2, 0) is 6.42 Å². The Labute approximate surface area is 170 Å². The molecule has 152 valence electrons. The number of nitrogens with one attached hydrogen (secondary N) is 1. The van der Waals surface area contributed by atoms with E-state index in [1.807, 2.05) is 17.5 Å². The minimum atomic E-state index is -0.543. The number of carbonyl (C=O) groups is 1. The molecule has 0 aliphatic carbocycles. The molecule has 1 aliphatic rings. The normalized spacial score (nSPS) is 14.9. The van der Waals surface area contributed by atoms with E-state index in [0.29, 0.717) is 36.8 Å². The molecule has 0 atom stereocenters. The van der Waals surface area contributed by atoms with Gasteiger partial charge in [-0.1, -0.05) is 0 Å². The highest BCUT2D eigenvalue weighted by Gasteiger charge is 2.26. The molecule has 0 saturated carbocycles. The third-order valence-corrected chi connectivity index (χ3v) is 6.09. The van der Waals surface area contributed by atoms with Gasteiger partial charge < -0.3 is 9.64 Å². The Kier molecular flexibility index (Phi) is 5.48. The summed E-state index contributed by atoms with van der Waals surface area (Å²) in [5, 5.41) is 9.49. The first-order chi connectivity index (χ1) is 14.1. The number of aromatic amines is 1. The van der Waals surface area contributed by atoms with Crippen LogP contribution in [0, 0.1) is 11.7 Å². The minimum Gasteiger partial charge on any atom is -0.494 e. The molecule has 3 aromatic rings. The molecule has 29 heavy (non-hydrogen) atoms. The number of hydrogen-bond acceptors (Lipinski definition) is 5. The van der Waals surface area contributed by atoms with Crippen LogP contribution in [0.1, 0.15) is 29.0 Å². The number of piperidine rings is 1. The molecule has 0 bridgehead atoms. The number of hydrogen-bond donors (Lipinski definition) is 1. The molecule has 1 N–H and O–H groups in total. The largest absolute Gasteiger partial charge is 0.494 e. The van der Waals surface area contributed by atoms with Gasteiger partial charge in [-0.25, -0.2) is 18.9 Å². The summed E-state index contributed by atoms with van der Waals surface area (Å²) >= 11 is 1.49. The second-order valence-electron chi connectivity index (χ2n) is 7.02. The van der Waals surface area contributed by atoms with Crippen molar-refractivity contribution in [3.8, 4) is 10.8 Å². The van der Waals surface area contributed by atoms with Gasteiger partial charge in [0, 0.05) is 25.1 Å². The number of likely N-dealkylation sites (tertiary alicyclic amines) is 1. The second kappa shape index (κ2) is 8.20. The lowest BCUT2D eigenvalue weighted by molar-refractivity contribution is 0.0689. The fraction of sp³-hybridized carbons (Fsp3) is 0.350. The molecule has 0 radical (unpaired) electrons. The Morgan fingerprint density at radius 3 is 2.79 bits per heavy atom. The number of benzene rings is 1. The van der Waals surface area contributed by atoms with Gasteiger partial charge in [0.1, 0.15) is 10.8 Å². The van der Waals surface area contributed by atoms with Crippen LogP contribution < -0.4 is 10.4 Å². The predicted molar refractivity (Wildman–Crippen MR) is 107 cm³/mol. The van der Waals surface area contributed by atoms with Crippen LogP contribution >= 0.6 is 11.3 Å². The Hall–Kier alpha value is -2.94. The van der Waals surface area contributed by atoms with E-state index in [0.717, 1.165) is 17.8 Å². The first-order valence-electron chi connectivity index (χ1n) is 9.40. The van der Waals surface area contributed by atoms with Gasteiger partial charge in [0.25, 0.3) is 5.91 Å². The Morgan fingerprint density at radius 1 is 1.34 bits per heavy atom. The molecule has 1 fully saturated rings. The maximum Gasteiger partial charge on any atom is 0.348 e. The Morgan fingerprint density at radius 2 is 2.14 bits per heavy atom. The van der Waals surface area contributed by atoms with E-state index < -0.39 is 5.82 Å². The van der Waals surface area contributed by atoms with Crippen molar-refractivity contribution < 1.29 is 13.9 Å². The van der Waals surface area contributed by atoms with Crippen LogP contribution in [0.4, 0.5) is 4.39 Å². The average Bonchev–Trinajstić information content (AvgIpc) is 3.37. The third-order valence-electron chi connectivity index (χ3n) is 5.24. The Balaban J connectivity index is 1.40. The van der Waals surface area contributed by atoms with Crippen molar-refractivity contribution in [3.63, 3.8) is 0 Å². The molecule has 0 spiro atoms. The van der Waals surface area contributed by atoms with Crippen LogP contribution in [0.5, 0.6) is 5.75 Å². The first kappa shape index (κ1) is 19.4. The van der Waals surface area contributed by atoms with Crippen molar-refractivity contribution in [1.82, 2.24) is 19.7 Å². The number of halogens is 1. The van der Waals surface area contributed by atoms with E-state index in [2.05, 4.69) is 10.2 Å². The molecule has 2 aromatic heterocycles. The monoisotopic (exact) mass is 416 g/mol. The molecule has 7 nitrogen and oxygen atoms in total. The summed E-state index contributed by atoms with van der Waals surface area (Å²) in [5.74, 6) is 0.426. The quantitative estimate of drug-likeness (QED) is 0.694. The number of carbonyl (C=O) groups excluding carboxylic acids is 1. The standard InChI is InChI=1S/C20H21FN4O3S/c1-28-16-5-4-14(12-15(16)21)19(26)24-8-6-13(7-9-24)11-17-22-23-20(27)25(17)18-3-2-10-29-18/h2-5,10,12-13H,6-9,11H2,1H3,(H,23,27). The average molecular weight is 416 g/mol. The van der Waals surface area contributed by atoms with Gasteiger partial charge >= 0.3 is 5.69 Å². The highest BCUT2D eigenvalue weighted by molar-refractivity contribution is 7.12. The zero-order valence-electron chi connectivity index (χ0n) is 15.9. The Bertz CT molecular complexity index is 1050. The van der Waals surface area contributed by atoms with E-state index in [1.165, 1.54) is 30.6 Å². The molecular formula is C20H21FN4O3S. The predicted octanol–water partition coefficient (Wildman–Crippen LogP) is 2.86. The van der Waals surface area contributed by atoms with Gasteiger partial charge in [0.15, 0.2) is 11.6 Å².